The van der Waals surface area contributed by atoms with Crippen LogP contribution in [0.5, 0.6) is 5.75 Å². The topological polar surface area (TPSA) is 30.5 Å². The average molecular weight is 291 g/mol. The van der Waals surface area contributed by atoms with Gasteiger partial charge >= 0.3 is 0 Å². The zero-order valence-corrected chi connectivity index (χ0v) is 13.9. The first kappa shape index (κ1) is 16.3. The lowest BCUT2D eigenvalue weighted by molar-refractivity contribution is 0.0942. The Hall–Kier alpha value is -1.06. The van der Waals surface area contributed by atoms with E-state index in [1.54, 1.807) is 7.11 Å². The van der Waals surface area contributed by atoms with Crippen molar-refractivity contribution in [1.29, 1.82) is 0 Å². The van der Waals surface area contributed by atoms with Crippen LogP contribution in [0.15, 0.2) is 12.1 Å². The van der Waals surface area contributed by atoms with Crippen molar-refractivity contribution in [3.05, 3.63) is 28.8 Å². The van der Waals surface area contributed by atoms with Crippen molar-refractivity contribution in [2.24, 2.45) is 0 Å². The molecule has 21 heavy (non-hydrogen) atoms. The zero-order valence-electron chi connectivity index (χ0n) is 13.9. The molecule has 1 heterocycles. The zero-order chi connectivity index (χ0) is 15.2. The minimum absolute atomic E-state index is 0.309. The molecule has 1 aromatic rings. The molecule has 1 fully saturated rings. The summed E-state index contributed by atoms with van der Waals surface area (Å²) in [7, 11) is 1.76. The molecule has 0 spiro atoms. The Bertz CT molecular complexity index is 453. The normalized spacial score (nSPS) is 19.7. The van der Waals surface area contributed by atoms with E-state index in [1.165, 1.54) is 29.5 Å². The van der Waals surface area contributed by atoms with Gasteiger partial charge in [-0.05, 0) is 63.3 Å². The van der Waals surface area contributed by atoms with Crippen LogP contribution in [0.1, 0.15) is 55.3 Å². The molecule has 1 aromatic carbocycles. The van der Waals surface area contributed by atoms with Crippen LogP contribution >= 0.6 is 0 Å². The first-order chi connectivity index (χ1) is 10.2. The molecule has 0 amide bonds. The predicted octanol–water partition coefficient (Wildman–Crippen LogP) is 3.92. The van der Waals surface area contributed by atoms with Gasteiger partial charge < -0.3 is 14.8 Å². The molecule has 1 aliphatic rings. The minimum atomic E-state index is 0.309. The Balaban J connectivity index is 2.25. The van der Waals surface area contributed by atoms with E-state index in [0.717, 1.165) is 31.7 Å². The standard InChI is InChI=1S/C18H29NO2/c1-5-8-19-16(12-15-7-6-9-21-15)18-14(3)10-13(2)11-17(18)20-4/h10-11,15-16,19H,5-9,12H2,1-4H3. The number of benzene rings is 1. The third-order valence-corrected chi connectivity index (χ3v) is 4.22. The summed E-state index contributed by atoms with van der Waals surface area (Å²) >= 11 is 0. The van der Waals surface area contributed by atoms with E-state index in [4.69, 9.17) is 9.47 Å². The molecule has 1 saturated heterocycles. The summed E-state index contributed by atoms with van der Waals surface area (Å²) < 4.78 is 11.5. The first-order valence-corrected chi connectivity index (χ1v) is 8.15. The fourth-order valence-electron chi connectivity index (χ4n) is 3.27. The molecule has 0 aliphatic carbocycles. The number of ether oxygens (including phenoxy) is 2. The highest BCUT2D eigenvalue weighted by Gasteiger charge is 2.25. The van der Waals surface area contributed by atoms with Crippen molar-refractivity contribution >= 4 is 0 Å². The summed E-state index contributed by atoms with van der Waals surface area (Å²) in [6, 6.07) is 4.69. The van der Waals surface area contributed by atoms with E-state index in [9.17, 15) is 0 Å². The molecule has 1 aliphatic heterocycles. The van der Waals surface area contributed by atoms with Crippen molar-refractivity contribution in [2.75, 3.05) is 20.3 Å². The van der Waals surface area contributed by atoms with E-state index >= 15 is 0 Å². The Morgan fingerprint density at radius 2 is 2.19 bits per heavy atom. The van der Waals surface area contributed by atoms with Crippen LogP contribution in [0.4, 0.5) is 0 Å². The van der Waals surface area contributed by atoms with Crippen LogP contribution < -0.4 is 10.1 Å². The van der Waals surface area contributed by atoms with Crippen LogP contribution in [-0.4, -0.2) is 26.4 Å². The number of nitrogens with one attached hydrogen (secondary N) is 1. The van der Waals surface area contributed by atoms with Crippen molar-refractivity contribution in [1.82, 2.24) is 5.32 Å². The predicted molar refractivity (Wildman–Crippen MR) is 87.1 cm³/mol. The van der Waals surface area contributed by atoms with Crippen LogP contribution in [0, 0.1) is 13.8 Å². The highest BCUT2D eigenvalue weighted by atomic mass is 16.5. The van der Waals surface area contributed by atoms with Gasteiger partial charge in [0.2, 0.25) is 0 Å². The summed E-state index contributed by atoms with van der Waals surface area (Å²) in [5.74, 6) is 0.999. The lowest BCUT2D eigenvalue weighted by atomic mass is 9.93. The summed E-state index contributed by atoms with van der Waals surface area (Å²) in [6.07, 6.45) is 4.91. The molecule has 3 nitrogen and oxygen atoms in total. The van der Waals surface area contributed by atoms with Gasteiger partial charge in [0.1, 0.15) is 5.75 Å². The second kappa shape index (κ2) is 7.81. The van der Waals surface area contributed by atoms with Gasteiger partial charge in [0.05, 0.1) is 13.2 Å². The number of methoxy groups -OCH3 is 1. The van der Waals surface area contributed by atoms with Crippen molar-refractivity contribution in [2.45, 2.75) is 58.6 Å². The average Bonchev–Trinajstić information content (AvgIpc) is 2.96. The van der Waals surface area contributed by atoms with Gasteiger partial charge in [-0.2, -0.15) is 0 Å². The Morgan fingerprint density at radius 3 is 2.81 bits per heavy atom. The molecule has 3 heteroatoms. The van der Waals surface area contributed by atoms with Crippen LogP contribution in [0.3, 0.4) is 0 Å². The molecular weight excluding hydrogens is 262 g/mol. The Morgan fingerprint density at radius 1 is 1.38 bits per heavy atom. The first-order valence-electron chi connectivity index (χ1n) is 8.15. The highest BCUT2D eigenvalue weighted by Crippen LogP contribution is 2.34. The monoisotopic (exact) mass is 291 g/mol. The summed E-state index contributed by atoms with van der Waals surface area (Å²) in [5, 5.41) is 3.69. The Labute approximate surface area is 129 Å². The largest absolute Gasteiger partial charge is 0.496 e. The SMILES string of the molecule is CCCNC(CC1CCCO1)c1c(C)cc(C)cc1OC. The van der Waals surface area contributed by atoms with Gasteiger partial charge in [-0.3, -0.25) is 0 Å². The van der Waals surface area contributed by atoms with Crippen LogP contribution in [0.25, 0.3) is 0 Å². The quantitative estimate of drug-likeness (QED) is 0.826. The highest BCUT2D eigenvalue weighted by molar-refractivity contribution is 5.45. The number of aryl methyl sites for hydroxylation is 2. The van der Waals surface area contributed by atoms with Gasteiger partial charge in [0, 0.05) is 18.2 Å². The van der Waals surface area contributed by atoms with Gasteiger partial charge in [-0.15, -0.1) is 0 Å². The molecule has 2 unspecified atom stereocenters. The summed E-state index contributed by atoms with van der Waals surface area (Å²) in [5.41, 5.74) is 3.85. The van der Waals surface area contributed by atoms with Crippen LogP contribution in [-0.2, 0) is 4.74 Å². The van der Waals surface area contributed by atoms with E-state index < -0.39 is 0 Å². The molecule has 0 aromatic heterocycles. The Kier molecular flexibility index (Phi) is 6.07. The second-order valence-electron chi connectivity index (χ2n) is 6.08. The molecule has 2 atom stereocenters. The maximum Gasteiger partial charge on any atom is 0.124 e. The maximum atomic E-state index is 5.84. The van der Waals surface area contributed by atoms with E-state index in [2.05, 4.69) is 38.2 Å². The second-order valence-corrected chi connectivity index (χ2v) is 6.08. The molecule has 118 valence electrons. The van der Waals surface area contributed by atoms with E-state index in [1.807, 2.05) is 0 Å². The third-order valence-electron chi connectivity index (χ3n) is 4.22. The summed E-state index contributed by atoms with van der Waals surface area (Å²) in [6.45, 7) is 8.44. The fourth-order valence-corrected chi connectivity index (χ4v) is 3.27. The number of hydrogen-bond acceptors (Lipinski definition) is 3. The lowest BCUT2D eigenvalue weighted by Gasteiger charge is -2.26. The van der Waals surface area contributed by atoms with Crippen molar-refractivity contribution < 1.29 is 9.47 Å². The third kappa shape index (κ3) is 4.21. The van der Waals surface area contributed by atoms with Gasteiger partial charge in [0.15, 0.2) is 0 Å². The van der Waals surface area contributed by atoms with Gasteiger partial charge in [0.25, 0.3) is 0 Å². The molecule has 0 bridgehead atoms. The van der Waals surface area contributed by atoms with Crippen molar-refractivity contribution in [3.63, 3.8) is 0 Å². The summed E-state index contributed by atoms with van der Waals surface area (Å²) in [4.78, 5) is 0. The lowest BCUT2D eigenvalue weighted by Crippen LogP contribution is -2.27. The number of rotatable bonds is 7. The molecule has 0 radical (unpaired) electrons. The fraction of sp³-hybridized carbons (Fsp3) is 0.667. The van der Waals surface area contributed by atoms with Gasteiger partial charge in [-0.1, -0.05) is 13.0 Å². The minimum Gasteiger partial charge on any atom is -0.496 e. The maximum absolute atomic E-state index is 5.84. The smallest absolute Gasteiger partial charge is 0.124 e. The molecule has 2 rings (SSSR count). The molecular formula is C18H29NO2. The van der Waals surface area contributed by atoms with Gasteiger partial charge in [-0.25, -0.2) is 0 Å². The molecule has 0 saturated carbocycles. The van der Waals surface area contributed by atoms with Crippen molar-refractivity contribution in [3.8, 4) is 5.75 Å². The van der Waals surface area contributed by atoms with E-state index in [-0.39, 0.29) is 0 Å². The van der Waals surface area contributed by atoms with E-state index in [0.29, 0.717) is 12.1 Å². The number of hydrogen-bond donors (Lipinski definition) is 1. The molecule has 1 N–H and O–H groups in total. The van der Waals surface area contributed by atoms with Crippen LogP contribution in [0.2, 0.25) is 0 Å².